The van der Waals surface area contributed by atoms with Crippen LogP contribution in [0, 0.1) is 6.92 Å². The van der Waals surface area contributed by atoms with Crippen LogP contribution in [0.4, 0.5) is 0 Å². The molecule has 1 atom stereocenters. The lowest BCUT2D eigenvalue weighted by Crippen LogP contribution is -2.59. The van der Waals surface area contributed by atoms with Crippen molar-refractivity contribution in [1.82, 2.24) is 20.0 Å². The Balaban J connectivity index is 1.46. The second-order valence-electron chi connectivity index (χ2n) is 7.40. The molecule has 6 nitrogen and oxygen atoms in total. The van der Waals surface area contributed by atoms with Gasteiger partial charge in [-0.15, -0.1) is 10.2 Å². The summed E-state index contributed by atoms with van der Waals surface area (Å²) in [6.45, 7) is 4.94. The van der Waals surface area contributed by atoms with E-state index in [1.165, 1.54) is 5.56 Å². The maximum absolute atomic E-state index is 13.4. The average molecular weight is 354 g/mol. The molecule has 1 unspecified atom stereocenters. The molecule has 4 rings (SSSR count). The zero-order valence-corrected chi connectivity index (χ0v) is 15.4. The van der Waals surface area contributed by atoms with Gasteiger partial charge >= 0.3 is 0 Å². The van der Waals surface area contributed by atoms with Crippen LogP contribution >= 0.6 is 0 Å². The molecule has 2 saturated heterocycles. The molecule has 0 aliphatic carbocycles. The quantitative estimate of drug-likeness (QED) is 0.826. The van der Waals surface area contributed by atoms with Crippen molar-refractivity contribution in [3.8, 4) is 0 Å². The van der Waals surface area contributed by atoms with Crippen LogP contribution in [0.3, 0.4) is 0 Å². The highest BCUT2D eigenvalue weighted by Gasteiger charge is 2.50. The van der Waals surface area contributed by atoms with Crippen molar-refractivity contribution in [3.05, 3.63) is 47.7 Å². The summed E-state index contributed by atoms with van der Waals surface area (Å²) in [5, 5.41) is 8.04. The smallest absolute Gasteiger partial charge is 0.243 e. The number of likely N-dealkylation sites (tertiary alicyclic amines) is 2. The second kappa shape index (κ2) is 7.19. The maximum atomic E-state index is 13.4. The molecule has 1 aromatic carbocycles. The molecule has 1 amide bonds. The van der Waals surface area contributed by atoms with Crippen molar-refractivity contribution in [2.75, 3.05) is 19.6 Å². The number of carbonyl (C=O) groups is 1. The molecule has 138 valence electrons. The van der Waals surface area contributed by atoms with E-state index < -0.39 is 0 Å². The van der Waals surface area contributed by atoms with Gasteiger partial charge in [0.05, 0.1) is 6.54 Å². The number of aryl methyl sites for hydroxylation is 1. The average Bonchev–Trinajstić information content (AvgIpc) is 3.25. The van der Waals surface area contributed by atoms with E-state index in [-0.39, 0.29) is 11.4 Å². The van der Waals surface area contributed by atoms with E-state index in [9.17, 15) is 4.79 Å². The highest BCUT2D eigenvalue weighted by molar-refractivity contribution is 5.87. The van der Waals surface area contributed by atoms with Crippen LogP contribution in [-0.2, 0) is 17.8 Å². The lowest BCUT2D eigenvalue weighted by molar-refractivity contribution is -0.148. The van der Waals surface area contributed by atoms with Crippen molar-refractivity contribution < 1.29 is 9.21 Å². The van der Waals surface area contributed by atoms with Crippen LogP contribution in [-0.4, -0.2) is 51.1 Å². The number of benzene rings is 1. The Hall–Kier alpha value is -2.21. The standard InChI is InChI=1S/C20H26N4O2/c1-16-21-22-18(26-16)15-24-13-6-11-20(24)10-5-12-23(19(20)25)14-9-17-7-3-2-4-8-17/h2-4,7-8H,5-6,9-15H2,1H3. The number of piperidine rings is 1. The first kappa shape index (κ1) is 17.2. The summed E-state index contributed by atoms with van der Waals surface area (Å²) in [4.78, 5) is 17.7. The number of amides is 1. The van der Waals surface area contributed by atoms with Crippen LogP contribution < -0.4 is 0 Å². The molecule has 0 saturated carbocycles. The maximum Gasteiger partial charge on any atom is 0.243 e. The number of hydrogen-bond acceptors (Lipinski definition) is 5. The van der Waals surface area contributed by atoms with Gasteiger partial charge in [-0.2, -0.15) is 0 Å². The first-order chi connectivity index (χ1) is 12.7. The minimum Gasteiger partial charge on any atom is -0.424 e. The van der Waals surface area contributed by atoms with Crippen molar-refractivity contribution in [2.24, 2.45) is 0 Å². The number of rotatable bonds is 5. The molecule has 1 spiro atoms. The summed E-state index contributed by atoms with van der Waals surface area (Å²) in [5.41, 5.74) is 0.904. The Morgan fingerprint density at radius 3 is 2.62 bits per heavy atom. The van der Waals surface area contributed by atoms with Crippen molar-refractivity contribution in [3.63, 3.8) is 0 Å². The fraction of sp³-hybridized carbons (Fsp3) is 0.550. The van der Waals surface area contributed by atoms with Crippen molar-refractivity contribution >= 4 is 5.91 Å². The molecule has 2 fully saturated rings. The Morgan fingerprint density at radius 2 is 1.88 bits per heavy atom. The van der Waals surface area contributed by atoms with E-state index in [0.717, 1.165) is 51.7 Å². The van der Waals surface area contributed by atoms with Crippen LogP contribution in [0.2, 0.25) is 0 Å². The van der Waals surface area contributed by atoms with Gasteiger partial charge in [-0.3, -0.25) is 9.69 Å². The van der Waals surface area contributed by atoms with Crippen LogP contribution in [0.5, 0.6) is 0 Å². The summed E-state index contributed by atoms with van der Waals surface area (Å²) in [6.07, 6.45) is 4.87. The lowest BCUT2D eigenvalue weighted by Gasteiger charge is -2.44. The highest BCUT2D eigenvalue weighted by Crippen LogP contribution is 2.39. The lowest BCUT2D eigenvalue weighted by atomic mass is 9.85. The molecule has 26 heavy (non-hydrogen) atoms. The first-order valence-electron chi connectivity index (χ1n) is 9.55. The van der Waals surface area contributed by atoms with E-state index >= 15 is 0 Å². The normalized spacial score (nSPS) is 23.9. The van der Waals surface area contributed by atoms with Gasteiger partial charge in [-0.25, -0.2) is 0 Å². The Kier molecular flexibility index (Phi) is 4.76. The summed E-state index contributed by atoms with van der Waals surface area (Å²) in [7, 11) is 0. The molecule has 2 aliphatic heterocycles. The van der Waals surface area contributed by atoms with Gasteiger partial charge in [-0.05, 0) is 44.2 Å². The molecular formula is C20H26N4O2. The number of aromatic nitrogens is 2. The van der Waals surface area contributed by atoms with Crippen LogP contribution in [0.1, 0.15) is 43.0 Å². The van der Waals surface area contributed by atoms with Gasteiger partial charge < -0.3 is 9.32 Å². The molecule has 0 radical (unpaired) electrons. The van der Waals surface area contributed by atoms with Crippen LogP contribution in [0.25, 0.3) is 0 Å². The van der Waals surface area contributed by atoms with Gasteiger partial charge in [-0.1, -0.05) is 30.3 Å². The Morgan fingerprint density at radius 1 is 1.12 bits per heavy atom. The Bertz CT molecular complexity index is 760. The zero-order valence-electron chi connectivity index (χ0n) is 15.4. The fourth-order valence-electron chi connectivity index (χ4n) is 4.44. The number of hydrogen-bond donors (Lipinski definition) is 0. The molecular weight excluding hydrogens is 328 g/mol. The third-order valence-electron chi connectivity index (χ3n) is 5.73. The fourth-order valence-corrected chi connectivity index (χ4v) is 4.44. The van der Waals surface area contributed by atoms with Gasteiger partial charge in [0.15, 0.2) is 0 Å². The molecule has 0 bridgehead atoms. The first-order valence-corrected chi connectivity index (χ1v) is 9.55. The van der Waals surface area contributed by atoms with Crippen molar-refractivity contribution in [2.45, 2.75) is 51.1 Å². The monoisotopic (exact) mass is 354 g/mol. The highest BCUT2D eigenvalue weighted by atomic mass is 16.4. The Labute approximate surface area is 154 Å². The predicted octanol–water partition coefficient (Wildman–Crippen LogP) is 2.58. The van der Waals surface area contributed by atoms with E-state index in [1.54, 1.807) is 6.92 Å². The summed E-state index contributed by atoms with van der Waals surface area (Å²) in [5.74, 6) is 1.47. The molecule has 2 aromatic rings. The third-order valence-corrected chi connectivity index (χ3v) is 5.73. The van der Waals surface area contributed by atoms with E-state index in [4.69, 9.17) is 4.42 Å². The molecule has 0 N–H and O–H groups in total. The van der Waals surface area contributed by atoms with Gasteiger partial charge in [0.1, 0.15) is 5.54 Å². The summed E-state index contributed by atoms with van der Waals surface area (Å²) < 4.78 is 5.56. The number of carbonyl (C=O) groups excluding carboxylic acids is 1. The molecule has 2 aliphatic rings. The number of nitrogens with zero attached hydrogens (tertiary/aromatic N) is 4. The summed E-state index contributed by atoms with van der Waals surface area (Å²) in [6, 6.07) is 10.4. The van der Waals surface area contributed by atoms with E-state index in [0.29, 0.717) is 18.3 Å². The summed E-state index contributed by atoms with van der Waals surface area (Å²) >= 11 is 0. The minimum absolute atomic E-state index is 0.286. The van der Waals surface area contributed by atoms with Gasteiger partial charge in [0.2, 0.25) is 17.7 Å². The predicted molar refractivity (Wildman–Crippen MR) is 97.4 cm³/mol. The molecule has 3 heterocycles. The second-order valence-corrected chi connectivity index (χ2v) is 7.40. The van der Waals surface area contributed by atoms with E-state index in [2.05, 4.69) is 44.3 Å². The van der Waals surface area contributed by atoms with Gasteiger partial charge in [0.25, 0.3) is 0 Å². The zero-order chi connectivity index (χ0) is 18.0. The van der Waals surface area contributed by atoms with E-state index in [1.807, 2.05) is 6.07 Å². The largest absolute Gasteiger partial charge is 0.424 e. The third kappa shape index (κ3) is 3.26. The van der Waals surface area contributed by atoms with Crippen molar-refractivity contribution in [1.29, 1.82) is 0 Å². The van der Waals surface area contributed by atoms with Gasteiger partial charge in [0, 0.05) is 20.0 Å². The SMILES string of the molecule is Cc1nnc(CN2CCCC23CCCN(CCc2ccccc2)C3=O)o1. The molecule has 6 heteroatoms. The molecule has 1 aromatic heterocycles. The minimum atomic E-state index is -0.378. The topological polar surface area (TPSA) is 62.5 Å². The van der Waals surface area contributed by atoms with Crippen LogP contribution in [0.15, 0.2) is 34.7 Å².